The maximum Gasteiger partial charge on any atom is 0.168 e. The Labute approximate surface area is 123 Å². The number of methoxy groups -OCH3 is 1. The van der Waals surface area contributed by atoms with Crippen molar-refractivity contribution in [2.45, 2.75) is 6.42 Å². The zero-order valence-corrected chi connectivity index (χ0v) is 12.2. The van der Waals surface area contributed by atoms with Crippen LogP contribution in [-0.4, -0.2) is 12.9 Å². The standard InChI is InChI=1S/C15H11BrF2O2/c1-20-11-4-5-13(16)12(8-11)15(19)6-9-2-3-10(17)7-14(9)18/h2-5,7-8H,6H2,1H3. The summed E-state index contributed by atoms with van der Waals surface area (Å²) in [5.41, 5.74) is 0.555. The maximum absolute atomic E-state index is 13.5. The molecule has 0 aliphatic carbocycles. The van der Waals surface area contributed by atoms with E-state index in [1.165, 1.54) is 13.2 Å². The van der Waals surface area contributed by atoms with Gasteiger partial charge in [-0.25, -0.2) is 8.78 Å². The minimum absolute atomic E-state index is 0.141. The summed E-state index contributed by atoms with van der Waals surface area (Å²) in [6.45, 7) is 0. The van der Waals surface area contributed by atoms with Gasteiger partial charge in [-0.2, -0.15) is 0 Å². The maximum atomic E-state index is 13.5. The number of carbonyl (C=O) groups is 1. The number of halogens is 3. The fourth-order valence-electron chi connectivity index (χ4n) is 1.78. The lowest BCUT2D eigenvalue weighted by Gasteiger charge is -2.07. The van der Waals surface area contributed by atoms with Gasteiger partial charge >= 0.3 is 0 Å². The molecule has 2 rings (SSSR count). The quantitative estimate of drug-likeness (QED) is 0.781. The number of rotatable bonds is 4. The van der Waals surface area contributed by atoms with Crippen LogP contribution in [0.15, 0.2) is 40.9 Å². The highest BCUT2D eigenvalue weighted by Crippen LogP contribution is 2.24. The van der Waals surface area contributed by atoms with Crippen molar-refractivity contribution in [1.29, 1.82) is 0 Å². The summed E-state index contributed by atoms with van der Waals surface area (Å²) in [6.07, 6.45) is -0.141. The molecule has 0 atom stereocenters. The molecule has 2 aromatic carbocycles. The third-order valence-electron chi connectivity index (χ3n) is 2.84. The zero-order valence-electron chi connectivity index (χ0n) is 10.6. The number of Topliss-reactive ketones (excluding diaryl/α,β-unsaturated/α-hetero) is 1. The lowest BCUT2D eigenvalue weighted by atomic mass is 10.0. The van der Waals surface area contributed by atoms with Gasteiger partial charge in [-0.15, -0.1) is 0 Å². The molecule has 0 aliphatic heterocycles. The fourth-order valence-corrected chi connectivity index (χ4v) is 2.25. The van der Waals surface area contributed by atoms with Gasteiger partial charge in [0.15, 0.2) is 5.78 Å². The number of hydrogen-bond acceptors (Lipinski definition) is 2. The van der Waals surface area contributed by atoms with Gasteiger partial charge in [-0.1, -0.05) is 22.0 Å². The van der Waals surface area contributed by atoms with Crippen LogP contribution in [0, 0.1) is 11.6 Å². The monoisotopic (exact) mass is 340 g/mol. The highest BCUT2D eigenvalue weighted by molar-refractivity contribution is 9.10. The minimum atomic E-state index is -0.725. The molecule has 0 N–H and O–H groups in total. The van der Waals surface area contributed by atoms with E-state index in [-0.39, 0.29) is 17.8 Å². The zero-order chi connectivity index (χ0) is 14.7. The summed E-state index contributed by atoms with van der Waals surface area (Å²) < 4.78 is 32.0. The number of hydrogen-bond donors (Lipinski definition) is 0. The number of ketones is 1. The summed E-state index contributed by atoms with van der Waals surface area (Å²) in [5, 5.41) is 0. The molecule has 0 aromatic heterocycles. The highest BCUT2D eigenvalue weighted by atomic mass is 79.9. The second-order valence-corrected chi connectivity index (χ2v) is 5.04. The average Bonchev–Trinajstić information content (AvgIpc) is 2.42. The van der Waals surface area contributed by atoms with Crippen LogP contribution in [0.3, 0.4) is 0 Å². The van der Waals surface area contributed by atoms with Crippen LogP contribution in [0.2, 0.25) is 0 Å². The molecular weight excluding hydrogens is 330 g/mol. The molecule has 0 fully saturated rings. The molecule has 0 heterocycles. The number of benzene rings is 2. The Morgan fingerprint density at radius 3 is 2.60 bits per heavy atom. The Kier molecular flexibility index (Phi) is 4.49. The smallest absolute Gasteiger partial charge is 0.168 e. The largest absolute Gasteiger partial charge is 0.497 e. The number of carbonyl (C=O) groups excluding carboxylic acids is 1. The molecule has 5 heteroatoms. The van der Waals surface area contributed by atoms with Crippen LogP contribution in [0.5, 0.6) is 5.75 Å². The second-order valence-electron chi connectivity index (χ2n) is 4.18. The molecule has 0 radical (unpaired) electrons. The van der Waals surface area contributed by atoms with Gasteiger partial charge in [0.25, 0.3) is 0 Å². The predicted molar refractivity (Wildman–Crippen MR) is 75.1 cm³/mol. The van der Waals surface area contributed by atoms with E-state index < -0.39 is 11.6 Å². The van der Waals surface area contributed by atoms with Gasteiger partial charge in [0.2, 0.25) is 0 Å². The van der Waals surface area contributed by atoms with E-state index in [1.807, 2.05) is 0 Å². The highest BCUT2D eigenvalue weighted by Gasteiger charge is 2.14. The van der Waals surface area contributed by atoms with Crippen molar-refractivity contribution in [3.8, 4) is 5.75 Å². The van der Waals surface area contributed by atoms with Crippen LogP contribution in [0.4, 0.5) is 8.78 Å². The summed E-state index contributed by atoms with van der Waals surface area (Å²) in [5.74, 6) is -1.13. The molecule has 20 heavy (non-hydrogen) atoms. The van der Waals surface area contributed by atoms with Gasteiger partial charge < -0.3 is 4.74 Å². The average molecular weight is 341 g/mol. The van der Waals surface area contributed by atoms with Gasteiger partial charge in [-0.05, 0) is 29.8 Å². The van der Waals surface area contributed by atoms with Crippen molar-refractivity contribution in [3.05, 3.63) is 63.6 Å². The molecule has 0 bridgehead atoms. The first-order chi connectivity index (χ1) is 9.51. The molecular formula is C15H11BrF2O2. The first-order valence-electron chi connectivity index (χ1n) is 5.82. The van der Waals surface area contributed by atoms with E-state index >= 15 is 0 Å². The lowest BCUT2D eigenvalue weighted by molar-refractivity contribution is 0.0990. The molecule has 0 saturated carbocycles. The molecule has 0 spiro atoms. The molecule has 2 nitrogen and oxygen atoms in total. The predicted octanol–water partition coefficient (Wildman–Crippen LogP) is 4.16. The fraction of sp³-hybridized carbons (Fsp3) is 0.133. The van der Waals surface area contributed by atoms with Gasteiger partial charge in [-0.3, -0.25) is 4.79 Å². The van der Waals surface area contributed by atoms with Crippen molar-refractivity contribution >= 4 is 21.7 Å². The van der Waals surface area contributed by atoms with Crippen LogP contribution < -0.4 is 4.74 Å². The van der Waals surface area contributed by atoms with Crippen molar-refractivity contribution in [1.82, 2.24) is 0 Å². The van der Waals surface area contributed by atoms with E-state index in [1.54, 1.807) is 18.2 Å². The Bertz CT molecular complexity index is 656. The Morgan fingerprint density at radius 2 is 1.95 bits per heavy atom. The van der Waals surface area contributed by atoms with E-state index in [0.717, 1.165) is 12.1 Å². The minimum Gasteiger partial charge on any atom is -0.497 e. The topological polar surface area (TPSA) is 26.3 Å². The van der Waals surface area contributed by atoms with Crippen LogP contribution in [0.1, 0.15) is 15.9 Å². The molecule has 0 saturated heterocycles. The van der Waals surface area contributed by atoms with Gasteiger partial charge in [0, 0.05) is 22.5 Å². The summed E-state index contributed by atoms with van der Waals surface area (Å²) in [7, 11) is 1.50. The van der Waals surface area contributed by atoms with Crippen molar-refractivity contribution < 1.29 is 18.3 Å². The van der Waals surface area contributed by atoms with Crippen molar-refractivity contribution in [3.63, 3.8) is 0 Å². The van der Waals surface area contributed by atoms with E-state index in [0.29, 0.717) is 15.8 Å². The van der Waals surface area contributed by atoms with E-state index in [9.17, 15) is 13.6 Å². The first-order valence-corrected chi connectivity index (χ1v) is 6.61. The van der Waals surface area contributed by atoms with Crippen LogP contribution in [0.25, 0.3) is 0 Å². The Morgan fingerprint density at radius 1 is 1.20 bits per heavy atom. The molecule has 0 unspecified atom stereocenters. The third kappa shape index (κ3) is 3.22. The van der Waals surface area contributed by atoms with Crippen molar-refractivity contribution in [2.75, 3.05) is 7.11 Å². The molecule has 104 valence electrons. The first kappa shape index (κ1) is 14.7. The van der Waals surface area contributed by atoms with Crippen LogP contribution in [-0.2, 0) is 6.42 Å². The molecule has 0 aliphatic rings. The van der Waals surface area contributed by atoms with Gasteiger partial charge in [0.05, 0.1) is 7.11 Å². The molecule has 0 amide bonds. The summed E-state index contributed by atoms with van der Waals surface area (Å²) in [6, 6.07) is 8.15. The van der Waals surface area contributed by atoms with Crippen molar-refractivity contribution in [2.24, 2.45) is 0 Å². The normalized spacial score (nSPS) is 10.4. The Hall–Kier alpha value is -1.75. The third-order valence-corrected chi connectivity index (χ3v) is 3.53. The number of ether oxygens (including phenoxy) is 1. The summed E-state index contributed by atoms with van der Waals surface area (Å²) in [4.78, 5) is 12.2. The van der Waals surface area contributed by atoms with E-state index in [4.69, 9.17) is 4.74 Å². The van der Waals surface area contributed by atoms with E-state index in [2.05, 4.69) is 15.9 Å². The SMILES string of the molecule is COc1ccc(Br)c(C(=O)Cc2ccc(F)cc2F)c1. The lowest BCUT2D eigenvalue weighted by Crippen LogP contribution is -2.06. The van der Waals surface area contributed by atoms with Crippen LogP contribution >= 0.6 is 15.9 Å². The summed E-state index contributed by atoms with van der Waals surface area (Å²) >= 11 is 3.27. The van der Waals surface area contributed by atoms with Gasteiger partial charge in [0.1, 0.15) is 17.4 Å². The Balaban J connectivity index is 2.28. The molecule has 2 aromatic rings. The second kappa shape index (κ2) is 6.13.